The Morgan fingerprint density at radius 2 is 2.16 bits per heavy atom. The van der Waals surface area contributed by atoms with Gasteiger partial charge in [-0.3, -0.25) is 4.21 Å². The van der Waals surface area contributed by atoms with Gasteiger partial charge in [0.2, 0.25) is 0 Å². The third kappa shape index (κ3) is 4.46. The molecule has 1 heterocycles. The maximum Gasteiger partial charge on any atom is 0.118 e. The van der Waals surface area contributed by atoms with E-state index in [4.69, 9.17) is 4.42 Å². The lowest BCUT2D eigenvalue weighted by atomic mass is 9.91. The van der Waals surface area contributed by atoms with E-state index >= 15 is 0 Å². The maximum absolute atomic E-state index is 12.4. The van der Waals surface area contributed by atoms with Gasteiger partial charge in [0.25, 0.3) is 0 Å². The summed E-state index contributed by atoms with van der Waals surface area (Å²) in [4.78, 5) is 0. The molecule has 0 aliphatic heterocycles. The number of furan rings is 1. The van der Waals surface area contributed by atoms with Crippen LogP contribution in [0.3, 0.4) is 0 Å². The van der Waals surface area contributed by atoms with Crippen molar-refractivity contribution in [1.29, 1.82) is 0 Å². The summed E-state index contributed by atoms with van der Waals surface area (Å²) in [5.74, 6) is 3.10. The number of hydrogen-bond acceptors (Lipinski definition) is 3. The molecule has 3 unspecified atom stereocenters. The van der Waals surface area contributed by atoms with Gasteiger partial charge in [0.1, 0.15) is 11.5 Å². The molecule has 108 valence electrons. The SMILES string of the molecule is CCNCc1ccc(CS(=O)C2CCCC(C)C2)o1. The highest BCUT2D eigenvalue weighted by atomic mass is 32.2. The van der Waals surface area contributed by atoms with E-state index in [9.17, 15) is 4.21 Å². The van der Waals surface area contributed by atoms with E-state index in [0.29, 0.717) is 11.0 Å². The van der Waals surface area contributed by atoms with Crippen molar-refractivity contribution in [2.75, 3.05) is 6.54 Å². The van der Waals surface area contributed by atoms with E-state index < -0.39 is 10.8 Å². The molecular weight excluding hydrogens is 258 g/mol. The zero-order valence-corrected chi connectivity index (χ0v) is 12.8. The first-order valence-corrected chi connectivity index (χ1v) is 8.72. The Balaban J connectivity index is 1.86. The summed E-state index contributed by atoms with van der Waals surface area (Å²) in [7, 11) is -0.785. The third-order valence-corrected chi connectivity index (χ3v) is 5.55. The minimum atomic E-state index is -0.785. The quantitative estimate of drug-likeness (QED) is 0.871. The maximum atomic E-state index is 12.4. The molecule has 0 spiro atoms. The van der Waals surface area contributed by atoms with E-state index in [1.54, 1.807) is 0 Å². The van der Waals surface area contributed by atoms with Crippen LogP contribution in [0, 0.1) is 5.92 Å². The first-order chi connectivity index (χ1) is 9.19. The number of nitrogens with one attached hydrogen (secondary N) is 1. The predicted octanol–water partition coefficient (Wildman–Crippen LogP) is 3.22. The minimum Gasteiger partial charge on any atom is -0.464 e. The van der Waals surface area contributed by atoms with Gasteiger partial charge in [-0.05, 0) is 37.4 Å². The highest BCUT2D eigenvalue weighted by Gasteiger charge is 2.24. The van der Waals surface area contributed by atoms with E-state index in [2.05, 4.69) is 19.2 Å². The molecule has 2 rings (SSSR count). The fraction of sp³-hybridized carbons (Fsp3) is 0.733. The van der Waals surface area contributed by atoms with Gasteiger partial charge in [0.05, 0.1) is 12.3 Å². The summed E-state index contributed by atoms with van der Waals surface area (Å²) in [6.45, 7) is 6.03. The largest absolute Gasteiger partial charge is 0.464 e. The molecule has 0 saturated heterocycles. The van der Waals surface area contributed by atoms with Crippen LogP contribution in [0.25, 0.3) is 0 Å². The van der Waals surface area contributed by atoms with Gasteiger partial charge in [-0.1, -0.05) is 26.7 Å². The summed E-state index contributed by atoms with van der Waals surface area (Å²) in [6.07, 6.45) is 4.74. The smallest absolute Gasteiger partial charge is 0.118 e. The van der Waals surface area contributed by atoms with Crippen LogP contribution in [0.4, 0.5) is 0 Å². The molecule has 1 N–H and O–H groups in total. The molecule has 4 heteroatoms. The van der Waals surface area contributed by atoms with Crippen LogP contribution in [0.5, 0.6) is 0 Å². The monoisotopic (exact) mass is 283 g/mol. The fourth-order valence-corrected chi connectivity index (χ4v) is 4.36. The zero-order valence-electron chi connectivity index (χ0n) is 12.0. The Hall–Kier alpha value is -0.610. The van der Waals surface area contributed by atoms with Gasteiger partial charge in [0, 0.05) is 16.0 Å². The second-order valence-corrected chi connectivity index (χ2v) is 7.28. The average molecular weight is 283 g/mol. The van der Waals surface area contributed by atoms with Gasteiger partial charge in [-0.25, -0.2) is 0 Å². The number of rotatable bonds is 6. The Morgan fingerprint density at radius 1 is 1.37 bits per heavy atom. The number of hydrogen-bond donors (Lipinski definition) is 1. The topological polar surface area (TPSA) is 42.2 Å². The normalized spacial score (nSPS) is 25.4. The Morgan fingerprint density at radius 3 is 2.89 bits per heavy atom. The van der Waals surface area contributed by atoms with Gasteiger partial charge in [0.15, 0.2) is 0 Å². The van der Waals surface area contributed by atoms with Gasteiger partial charge < -0.3 is 9.73 Å². The van der Waals surface area contributed by atoms with Crippen LogP contribution in [-0.2, 0) is 23.1 Å². The Labute approximate surface area is 118 Å². The van der Waals surface area contributed by atoms with Crippen LogP contribution in [0.1, 0.15) is 51.1 Å². The minimum absolute atomic E-state index is 0.367. The van der Waals surface area contributed by atoms with Crippen molar-refractivity contribution >= 4 is 10.8 Å². The molecule has 1 saturated carbocycles. The van der Waals surface area contributed by atoms with Crippen molar-refractivity contribution in [3.05, 3.63) is 23.7 Å². The van der Waals surface area contributed by atoms with E-state index in [1.165, 1.54) is 12.8 Å². The summed E-state index contributed by atoms with van der Waals surface area (Å²) >= 11 is 0. The Bertz CT molecular complexity index is 416. The Kier molecular flexibility index (Phi) is 5.64. The molecule has 1 fully saturated rings. The molecule has 0 aromatic carbocycles. The second-order valence-electron chi connectivity index (χ2n) is 5.57. The summed E-state index contributed by atoms with van der Waals surface area (Å²) in [5, 5.41) is 3.60. The van der Waals surface area contributed by atoms with E-state index in [1.807, 2.05) is 12.1 Å². The van der Waals surface area contributed by atoms with Crippen molar-refractivity contribution in [2.24, 2.45) is 5.92 Å². The van der Waals surface area contributed by atoms with Gasteiger partial charge in [-0.15, -0.1) is 0 Å². The second kappa shape index (κ2) is 7.25. The molecular formula is C15H25NO2S. The molecule has 1 aliphatic rings. The summed E-state index contributed by atoms with van der Waals surface area (Å²) in [5.41, 5.74) is 0. The van der Waals surface area contributed by atoms with E-state index in [-0.39, 0.29) is 0 Å². The summed E-state index contributed by atoms with van der Waals surface area (Å²) in [6, 6.07) is 3.95. The highest BCUT2D eigenvalue weighted by Crippen LogP contribution is 2.28. The van der Waals surface area contributed by atoms with Crippen molar-refractivity contribution in [3.8, 4) is 0 Å². The van der Waals surface area contributed by atoms with Crippen molar-refractivity contribution < 1.29 is 8.63 Å². The lowest BCUT2D eigenvalue weighted by molar-refractivity contribution is 0.388. The van der Waals surface area contributed by atoms with Gasteiger partial charge in [-0.2, -0.15) is 0 Å². The molecule has 3 atom stereocenters. The van der Waals surface area contributed by atoms with Crippen LogP contribution in [-0.4, -0.2) is 16.0 Å². The van der Waals surface area contributed by atoms with Crippen LogP contribution < -0.4 is 5.32 Å². The molecule has 1 aliphatic carbocycles. The highest BCUT2D eigenvalue weighted by molar-refractivity contribution is 7.84. The standard InChI is InChI=1S/C15H25NO2S/c1-3-16-10-13-7-8-14(18-13)11-19(17)15-6-4-5-12(2)9-15/h7-8,12,15-16H,3-6,9-11H2,1-2H3. The van der Waals surface area contributed by atoms with Crippen LogP contribution >= 0.6 is 0 Å². The lowest BCUT2D eigenvalue weighted by Gasteiger charge is -2.25. The molecule has 0 amide bonds. The summed E-state index contributed by atoms with van der Waals surface area (Å²) < 4.78 is 18.1. The van der Waals surface area contributed by atoms with Crippen molar-refractivity contribution in [2.45, 2.75) is 57.1 Å². The van der Waals surface area contributed by atoms with Crippen molar-refractivity contribution in [1.82, 2.24) is 5.32 Å². The lowest BCUT2D eigenvalue weighted by Crippen LogP contribution is -2.23. The zero-order chi connectivity index (χ0) is 13.7. The molecule has 0 radical (unpaired) electrons. The first kappa shape index (κ1) is 14.8. The predicted molar refractivity (Wildman–Crippen MR) is 79.4 cm³/mol. The van der Waals surface area contributed by atoms with Crippen LogP contribution in [0.2, 0.25) is 0 Å². The van der Waals surface area contributed by atoms with Gasteiger partial charge >= 0.3 is 0 Å². The van der Waals surface area contributed by atoms with Crippen LogP contribution in [0.15, 0.2) is 16.5 Å². The molecule has 1 aromatic rings. The van der Waals surface area contributed by atoms with E-state index in [0.717, 1.165) is 43.4 Å². The fourth-order valence-electron chi connectivity index (χ4n) is 2.72. The molecule has 1 aromatic heterocycles. The average Bonchev–Trinajstić information content (AvgIpc) is 2.84. The first-order valence-electron chi connectivity index (χ1n) is 7.34. The molecule has 19 heavy (non-hydrogen) atoms. The molecule has 0 bridgehead atoms. The third-order valence-electron chi connectivity index (χ3n) is 3.81. The van der Waals surface area contributed by atoms with Crippen molar-refractivity contribution in [3.63, 3.8) is 0 Å². The molecule has 3 nitrogen and oxygen atoms in total.